The normalized spacial score (nSPS) is 24.6. The van der Waals surface area contributed by atoms with Crippen molar-refractivity contribution in [3.8, 4) is 5.75 Å². The van der Waals surface area contributed by atoms with E-state index < -0.39 is 11.2 Å². The molecule has 2 aliphatic rings. The number of benzene rings is 1. The predicted molar refractivity (Wildman–Crippen MR) is 115 cm³/mol. The molecule has 168 valence electrons. The number of amides is 1. The number of rotatable bonds is 7. The Kier molecular flexibility index (Phi) is 7.39. The van der Waals surface area contributed by atoms with Crippen LogP contribution in [0.2, 0.25) is 0 Å². The van der Waals surface area contributed by atoms with Gasteiger partial charge in [-0.1, -0.05) is 18.9 Å². The van der Waals surface area contributed by atoms with E-state index in [4.69, 9.17) is 9.47 Å². The van der Waals surface area contributed by atoms with Crippen molar-refractivity contribution in [1.29, 1.82) is 0 Å². The standard InChI is InChI=1S/C23H36N2O5/c1-18-6-7-20(12-19(18)2)30-17-23(28)15-24(14-22(27)8-4-5-9-22)10-11-25(16-23)21(26)13-29-3/h6-7,12,27-28H,4-5,8-11,13-17H2,1-3H3. The number of carbonyl (C=O) groups is 1. The maximum absolute atomic E-state index is 12.5. The summed E-state index contributed by atoms with van der Waals surface area (Å²) in [6.07, 6.45) is 3.63. The van der Waals surface area contributed by atoms with Crippen LogP contribution < -0.4 is 4.74 Å². The van der Waals surface area contributed by atoms with Gasteiger partial charge in [-0.3, -0.25) is 9.69 Å². The monoisotopic (exact) mass is 420 g/mol. The van der Waals surface area contributed by atoms with Gasteiger partial charge in [0.2, 0.25) is 5.91 Å². The molecule has 0 bridgehead atoms. The van der Waals surface area contributed by atoms with Crippen LogP contribution in [0.3, 0.4) is 0 Å². The van der Waals surface area contributed by atoms with Crippen LogP contribution >= 0.6 is 0 Å². The molecule has 1 saturated heterocycles. The number of carbonyl (C=O) groups excluding carboxylic acids is 1. The van der Waals surface area contributed by atoms with Crippen molar-refractivity contribution in [3.05, 3.63) is 29.3 Å². The molecule has 1 unspecified atom stereocenters. The number of aryl methyl sites for hydroxylation is 2. The zero-order valence-electron chi connectivity index (χ0n) is 18.5. The number of hydrogen-bond donors (Lipinski definition) is 2. The molecule has 7 nitrogen and oxygen atoms in total. The summed E-state index contributed by atoms with van der Waals surface area (Å²) in [5, 5.41) is 22.3. The highest BCUT2D eigenvalue weighted by molar-refractivity contribution is 5.77. The highest BCUT2D eigenvalue weighted by Crippen LogP contribution is 2.31. The molecule has 1 aliphatic heterocycles. The van der Waals surface area contributed by atoms with Crippen LogP contribution in [0.15, 0.2) is 18.2 Å². The Hall–Kier alpha value is -1.67. The summed E-state index contributed by atoms with van der Waals surface area (Å²) in [5.74, 6) is 0.551. The largest absolute Gasteiger partial charge is 0.490 e. The van der Waals surface area contributed by atoms with Crippen LogP contribution in [0.5, 0.6) is 5.75 Å². The van der Waals surface area contributed by atoms with E-state index in [1.54, 1.807) is 4.90 Å². The van der Waals surface area contributed by atoms with Gasteiger partial charge in [-0.15, -0.1) is 0 Å². The van der Waals surface area contributed by atoms with E-state index in [1.807, 2.05) is 32.0 Å². The van der Waals surface area contributed by atoms with Gasteiger partial charge in [0.25, 0.3) is 0 Å². The Labute approximate surface area is 179 Å². The average molecular weight is 421 g/mol. The van der Waals surface area contributed by atoms with Crippen LogP contribution in [0.4, 0.5) is 0 Å². The molecule has 1 atom stereocenters. The average Bonchev–Trinajstić information content (AvgIpc) is 3.04. The summed E-state index contributed by atoms with van der Waals surface area (Å²) in [6, 6.07) is 5.86. The topological polar surface area (TPSA) is 82.5 Å². The van der Waals surface area contributed by atoms with Gasteiger partial charge in [-0.25, -0.2) is 0 Å². The molecule has 2 N–H and O–H groups in total. The Morgan fingerprint density at radius 3 is 2.47 bits per heavy atom. The Bertz CT molecular complexity index is 734. The number of aliphatic hydroxyl groups is 2. The lowest BCUT2D eigenvalue weighted by Gasteiger charge is -2.35. The number of ether oxygens (including phenoxy) is 2. The molecule has 1 aromatic carbocycles. The van der Waals surface area contributed by atoms with Crippen molar-refractivity contribution < 1.29 is 24.5 Å². The molecule has 0 spiro atoms. The highest BCUT2D eigenvalue weighted by Gasteiger charge is 2.41. The summed E-state index contributed by atoms with van der Waals surface area (Å²) in [6.45, 7) is 6.24. The minimum Gasteiger partial charge on any atom is -0.490 e. The maximum Gasteiger partial charge on any atom is 0.248 e. The van der Waals surface area contributed by atoms with Crippen LogP contribution in [0, 0.1) is 13.8 Å². The first-order chi connectivity index (χ1) is 14.2. The molecule has 1 aromatic rings. The maximum atomic E-state index is 12.5. The van der Waals surface area contributed by atoms with Gasteiger partial charge in [0, 0.05) is 33.3 Å². The van der Waals surface area contributed by atoms with Crippen LogP contribution in [0.1, 0.15) is 36.8 Å². The molecular formula is C23H36N2O5. The quantitative estimate of drug-likeness (QED) is 0.696. The molecule has 0 radical (unpaired) electrons. The first-order valence-corrected chi connectivity index (χ1v) is 10.9. The van der Waals surface area contributed by atoms with E-state index in [2.05, 4.69) is 4.90 Å². The van der Waals surface area contributed by atoms with Gasteiger partial charge in [-0.2, -0.15) is 0 Å². The molecule has 1 amide bonds. The van der Waals surface area contributed by atoms with Crippen molar-refractivity contribution in [1.82, 2.24) is 9.80 Å². The lowest BCUT2D eigenvalue weighted by molar-refractivity contribution is -0.138. The molecule has 1 heterocycles. The molecule has 30 heavy (non-hydrogen) atoms. The second-order valence-electron chi connectivity index (χ2n) is 9.15. The number of hydrogen-bond acceptors (Lipinski definition) is 6. The van der Waals surface area contributed by atoms with Crippen molar-refractivity contribution in [2.75, 3.05) is 53.0 Å². The Morgan fingerprint density at radius 1 is 1.07 bits per heavy atom. The molecule has 1 aliphatic carbocycles. The van der Waals surface area contributed by atoms with Gasteiger partial charge in [0.05, 0.1) is 12.1 Å². The first-order valence-electron chi connectivity index (χ1n) is 10.9. The van der Waals surface area contributed by atoms with Crippen molar-refractivity contribution in [3.63, 3.8) is 0 Å². The highest BCUT2D eigenvalue weighted by atomic mass is 16.5. The zero-order chi connectivity index (χ0) is 21.8. The summed E-state index contributed by atoms with van der Waals surface area (Å²) < 4.78 is 11.0. The van der Waals surface area contributed by atoms with Gasteiger partial charge >= 0.3 is 0 Å². The van der Waals surface area contributed by atoms with E-state index in [9.17, 15) is 15.0 Å². The van der Waals surface area contributed by atoms with Gasteiger partial charge in [0.1, 0.15) is 24.6 Å². The van der Waals surface area contributed by atoms with Crippen LogP contribution in [-0.4, -0.2) is 90.2 Å². The molecule has 7 heteroatoms. The molecule has 2 fully saturated rings. The van der Waals surface area contributed by atoms with Crippen molar-refractivity contribution in [2.45, 2.75) is 50.7 Å². The van der Waals surface area contributed by atoms with Crippen molar-refractivity contribution >= 4 is 5.91 Å². The summed E-state index contributed by atoms with van der Waals surface area (Å²) in [5.41, 5.74) is 0.361. The molecular weight excluding hydrogens is 384 g/mol. The Morgan fingerprint density at radius 2 is 1.80 bits per heavy atom. The fourth-order valence-corrected chi connectivity index (χ4v) is 4.52. The summed E-state index contributed by atoms with van der Waals surface area (Å²) in [4.78, 5) is 16.2. The van der Waals surface area contributed by atoms with Crippen molar-refractivity contribution in [2.24, 2.45) is 0 Å². The van der Waals surface area contributed by atoms with Gasteiger partial charge in [-0.05, 0) is 49.9 Å². The third-order valence-corrected chi connectivity index (χ3v) is 6.35. The summed E-state index contributed by atoms with van der Waals surface area (Å²) in [7, 11) is 1.49. The lowest BCUT2D eigenvalue weighted by Crippen LogP contribution is -2.54. The van der Waals surface area contributed by atoms with Crippen LogP contribution in [-0.2, 0) is 9.53 Å². The fraction of sp³-hybridized carbons (Fsp3) is 0.696. The van der Waals surface area contributed by atoms with E-state index in [0.29, 0.717) is 31.9 Å². The molecule has 3 rings (SSSR count). The lowest BCUT2D eigenvalue weighted by atomic mass is 9.99. The second-order valence-corrected chi connectivity index (χ2v) is 9.15. The molecule has 0 aromatic heterocycles. The minimum absolute atomic E-state index is 0.0158. The first kappa shape index (κ1) is 23.0. The second kappa shape index (κ2) is 9.64. The van der Waals surface area contributed by atoms with Gasteiger partial charge in [0.15, 0.2) is 0 Å². The third-order valence-electron chi connectivity index (χ3n) is 6.35. The number of β-amino-alcohol motifs (C(OH)–C–C–N with tert-alkyl or cyclic N) is 2. The zero-order valence-corrected chi connectivity index (χ0v) is 18.5. The van der Waals surface area contributed by atoms with Crippen LogP contribution in [0.25, 0.3) is 0 Å². The third kappa shape index (κ3) is 5.94. The van der Waals surface area contributed by atoms with E-state index in [-0.39, 0.29) is 25.7 Å². The van der Waals surface area contributed by atoms with E-state index >= 15 is 0 Å². The smallest absolute Gasteiger partial charge is 0.248 e. The number of nitrogens with zero attached hydrogens (tertiary/aromatic N) is 2. The predicted octanol–water partition coefficient (Wildman–Crippen LogP) is 1.51. The fourth-order valence-electron chi connectivity index (χ4n) is 4.52. The van der Waals surface area contributed by atoms with Gasteiger partial charge < -0.3 is 24.6 Å². The van der Waals surface area contributed by atoms with E-state index in [0.717, 1.165) is 31.2 Å². The summed E-state index contributed by atoms with van der Waals surface area (Å²) >= 11 is 0. The number of methoxy groups -OCH3 is 1. The van der Waals surface area contributed by atoms with E-state index in [1.165, 1.54) is 12.7 Å². The SMILES string of the molecule is COCC(=O)N1CCN(CC2(O)CCCC2)CC(O)(COc2ccc(C)c(C)c2)C1. The Balaban J connectivity index is 1.73. The minimum atomic E-state index is -1.24. The molecule has 1 saturated carbocycles.